The summed E-state index contributed by atoms with van der Waals surface area (Å²) in [6, 6.07) is 8.10. The Balaban J connectivity index is 1.82. The molecule has 0 unspecified atom stereocenters. The summed E-state index contributed by atoms with van der Waals surface area (Å²) in [5, 5.41) is 10.4. The van der Waals surface area contributed by atoms with E-state index in [0.717, 1.165) is 26.8 Å². The van der Waals surface area contributed by atoms with E-state index in [1.165, 1.54) is 0 Å². The molecule has 0 N–H and O–H groups in total. The molecule has 0 radical (unpaired) electrons. The second kappa shape index (κ2) is 7.35. The molecule has 142 valence electrons. The van der Waals surface area contributed by atoms with E-state index in [-0.39, 0.29) is 6.09 Å². The molecule has 2 aromatic rings. The lowest BCUT2D eigenvalue weighted by molar-refractivity contribution is 0.0240. The van der Waals surface area contributed by atoms with Gasteiger partial charge in [0.05, 0.1) is 17.1 Å². The van der Waals surface area contributed by atoms with E-state index in [4.69, 9.17) is 9.72 Å². The van der Waals surface area contributed by atoms with Gasteiger partial charge in [-0.15, -0.1) is 0 Å². The lowest BCUT2D eigenvalue weighted by Crippen LogP contribution is -2.50. The number of ether oxygens (including phenoxy) is 1. The topological polar surface area (TPSA) is 69.5 Å². The van der Waals surface area contributed by atoms with Gasteiger partial charge in [-0.2, -0.15) is 5.26 Å². The highest BCUT2D eigenvalue weighted by molar-refractivity contribution is 9.10. The van der Waals surface area contributed by atoms with Crippen LogP contribution in [0.1, 0.15) is 31.9 Å². The van der Waals surface area contributed by atoms with Gasteiger partial charge in [0, 0.05) is 36.0 Å². The van der Waals surface area contributed by atoms with E-state index < -0.39 is 5.60 Å². The molecule has 0 spiro atoms. The lowest BCUT2D eigenvalue weighted by atomic mass is 10.1. The number of aryl methyl sites for hydroxylation is 1. The van der Waals surface area contributed by atoms with E-state index in [2.05, 4.69) is 26.9 Å². The van der Waals surface area contributed by atoms with Crippen LogP contribution in [0.15, 0.2) is 22.7 Å². The first-order valence-electron chi connectivity index (χ1n) is 8.92. The predicted octanol–water partition coefficient (Wildman–Crippen LogP) is 4.23. The number of piperazine rings is 1. The van der Waals surface area contributed by atoms with E-state index in [1.807, 2.05) is 45.9 Å². The Bertz CT molecular complexity index is 922. The summed E-state index contributed by atoms with van der Waals surface area (Å²) >= 11 is 3.57. The number of carbonyl (C=O) groups is 1. The van der Waals surface area contributed by atoms with Crippen LogP contribution in [-0.4, -0.2) is 47.8 Å². The zero-order chi connectivity index (χ0) is 19.8. The second-order valence-electron chi connectivity index (χ2n) is 7.74. The van der Waals surface area contributed by atoms with Crippen LogP contribution in [0.2, 0.25) is 0 Å². The van der Waals surface area contributed by atoms with Gasteiger partial charge in [0.25, 0.3) is 0 Å². The molecule has 0 atom stereocenters. The number of pyridine rings is 1. The van der Waals surface area contributed by atoms with Crippen molar-refractivity contribution in [3.63, 3.8) is 0 Å². The standard InChI is InChI=1S/C20H23BrN4O2/c1-13-9-15-14(12-22)11-17(23-18(15)16(21)10-13)24-5-7-25(8-6-24)19(26)27-20(2,3)4/h9-11H,5-8H2,1-4H3. The van der Waals surface area contributed by atoms with Crippen molar-refractivity contribution in [1.29, 1.82) is 5.26 Å². The molecule has 1 aliphatic heterocycles. The van der Waals surface area contributed by atoms with Gasteiger partial charge in [0.15, 0.2) is 0 Å². The molecule has 0 bridgehead atoms. The van der Waals surface area contributed by atoms with Crippen LogP contribution in [0.4, 0.5) is 10.6 Å². The van der Waals surface area contributed by atoms with Crippen LogP contribution in [0, 0.1) is 18.3 Å². The third-order valence-corrected chi connectivity index (χ3v) is 4.98. The average molecular weight is 431 g/mol. The van der Waals surface area contributed by atoms with Gasteiger partial charge in [-0.25, -0.2) is 9.78 Å². The lowest BCUT2D eigenvalue weighted by Gasteiger charge is -2.36. The molecule has 1 amide bonds. The average Bonchev–Trinajstić information content (AvgIpc) is 2.59. The molecule has 2 heterocycles. The summed E-state index contributed by atoms with van der Waals surface area (Å²) < 4.78 is 6.32. The van der Waals surface area contributed by atoms with Crippen molar-refractivity contribution in [2.45, 2.75) is 33.3 Å². The first-order valence-corrected chi connectivity index (χ1v) is 9.71. The fourth-order valence-corrected chi connectivity index (χ4v) is 3.77. The normalized spacial score (nSPS) is 15.0. The Hall–Kier alpha value is -2.33. The van der Waals surface area contributed by atoms with Crippen LogP contribution in [0.3, 0.4) is 0 Å². The molecule has 1 saturated heterocycles. The van der Waals surface area contributed by atoms with Crippen molar-refractivity contribution in [2.24, 2.45) is 0 Å². The number of rotatable bonds is 1. The minimum absolute atomic E-state index is 0.287. The Kier molecular flexibility index (Phi) is 5.29. The van der Waals surface area contributed by atoms with Crippen LogP contribution in [0.5, 0.6) is 0 Å². The highest BCUT2D eigenvalue weighted by Gasteiger charge is 2.26. The van der Waals surface area contributed by atoms with E-state index in [0.29, 0.717) is 31.7 Å². The number of amides is 1. The van der Waals surface area contributed by atoms with Gasteiger partial charge in [-0.05, 0) is 67.4 Å². The fraction of sp³-hybridized carbons (Fsp3) is 0.450. The van der Waals surface area contributed by atoms with Crippen molar-refractivity contribution in [2.75, 3.05) is 31.1 Å². The van der Waals surface area contributed by atoms with Crippen molar-refractivity contribution in [3.8, 4) is 6.07 Å². The minimum atomic E-state index is -0.500. The van der Waals surface area contributed by atoms with E-state index in [9.17, 15) is 10.1 Å². The largest absolute Gasteiger partial charge is 0.444 e. The first-order chi connectivity index (χ1) is 12.7. The SMILES string of the molecule is Cc1cc(Br)c2nc(N3CCN(C(=O)OC(C)(C)C)CC3)cc(C#N)c2c1. The van der Waals surface area contributed by atoms with Gasteiger partial charge >= 0.3 is 6.09 Å². The zero-order valence-electron chi connectivity index (χ0n) is 16.0. The minimum Gasteiger partial charge on any atom is -0.444 e. The molecular weight excluding hydrogens is 408 g/mol. The van der Waals surface area contributed by atoms with Crippen molar-refractivity contribution < 1.29 is 9.53 Å². The van der Waals surface area contributed by atoms with Crippen LogP contribution < -0.4 is 4.90 Å². The molecule has 7 heteroatoms. The van der Waals surface area contributed by atoms with Crippen LogP contribution in [0.25, 0.3) is 10.9 Å². The van der Waals surface area contributed by atoms with E-state index in [1.54, 1.807) is 4.90 Å². The maximum absolute atomic E-state index is 12.2. The number of nitriles is 1. The van der Waals surface area contributed by atoms with Crippen LogP contribution in [-0.2, 0) is 4.74 Å². The van der Waals surface area contributed by atoms with Crippen molar-refractivity contribution in [1.82, 2.24) is 9.88 Å². The summed E-state index contributed by atoms with van der Waals surface area (Å²) in [6.07, 6.45) is -0.287. The monoisotopic (exact) mass is 430 g/mol. The summed E-state index contributed by atoms with van der Waals surface area (Å²) in [6.45, 7) is 10.00. The molecule has 1 aromatic carbocycles. The molecule has 1 aromatic heterocycles. The van der Waals surface area contributed by atoms with Crippen molar-refractivity contribution >= 4 is 38.7 Å². The number of hydrogen-bond acceptors (Lipinski definition) is 5. The van der Waals surface area contributed by atoms with Gasteiger partial charge < -0.3 is 14.5 Å². The number of anilines is 1. The predicted molar refractivity (Wildman–Crippen MR) is 109 cm³/mol. The highest BCUT2D eigenvalue weighted by atomic mass is 79.9. The van der Waals surface area contributed by atoms with Gasteiger partial charge in [0.1, 0.15) is 11.4 Å². The quantitative estimate of drug-likeness (QED) is 0.676. The number of benzene rings is 1. The summed E-state index contributed by atoms with van der Waals surface area (Å²) in [5.41, 5.74) is 1.96. The van der Waals surface area contributed by atoms with Crippen molar-refractivity contribution in [3.05, 3.63) is 33.8 Å². The molecule has 27 heavy (non-hydrogen) atoms. The van der Waals surface area contributed by atoms with Gasteiger partial charge in [0.2, 0.25) is 0 Å². The molecule has 6 nitrogen and oxygen atoms in total. The number of aromatic nitrogens is 1. The summed E-state index contributed by atoms with van der Waals surface area (Å²) in [4.78, 5) is 20.8. The maximum atomic E-state index is 12.2. The zero-order valence-corrected chi connectivity index (χ0v) is 17.6. The summed E-state index contributed by atoms with van der Waals surface area (Å²) in [7, 11) is 0. The fourth-order valence-electron chi connectivity index (χ4n) is 3.11. The number of fused-ring (bicyclic) bond motifs is 1. The smallest absolute Gasteiger partial charge is 0.410 e. The number of halogens is 1. The second-order valence-corrected chi connectivity index (χ2v) is 8.59. The number of hydrogen-bond donors (Lipinski definition) is 0. The Morgan fingerprint density at radius 3 is 2.48 bits per heavy atom. The third kappa shape index (κ3) is 4.33. The Morgan fingerprint density at radius 2 is 1.89 bits per heavy atom. The van der Waals surface area contributed by atoms with Crippen LogP contribution >= 0.6 is 15.9 Å². The first kappa shape index (κ1) is 19.4. The van der Waals surface area contributed by atoms with Gasteiger partial charge in [-0.3, -0.25) is 0 Å². The molecule has 0 saturated carbocycles. The van der Waals surface area contributed by atoms with E-state index >= 15 is 0 Å². The number of nitrogens with zero attached hydrogens (tertiary/aromatic N) is 4. The molecule has 1 fully saturated rings. The summed E-state index contributed by atoms with van der Waals surface area (Å²) in [5.74, 6) is 0.757. The molecular formula is C20H23BrN4O2. The highest BCUT2D eigenvalue weighted by Crippen LogP contribution is 2.30. The molecule has 0 aliphatic carbocycles. The van der Waals surface area contributed by atoms with Gasteiger partial charge in [-0.1, -0.05) is 0 Å². The Morgan fingerprint density at radius 1 is 1.22 bits per heavy atom. The molecule has 3 rings (SSSR count). The number of carbonyl (C=O) groups excluding carboxylic acids is 1. The third-order valence-electron chi connectivity index (χ3n) is 4.37. The molecule has 1 aliphatic rings. The maximum Gasteiger partial charge on any atom is 0.410 e. The Labute approximate surface area is 167 Å².